The Bertz CT molecular complexity index is 768. The second-order valence-electron chi connectivity index (χ2n) is 4.96. The zero-order valence-electron chi connectivity index (χ0n) is 12.8. The fourth-order valence-electron chi connectivity index (χ4n) is 2.12. The van der Waals surface area contributed by atoms with E-state index in [-0.39, 0.29) is 17.2 Å². The molecule has 0 fully saturated rings. The van der Waals surface area contributed by atoms with E-state index in [4.69, 9.17) is 18.9 Å². The Morgan fingerprint density at radius 2 is 1.64 bits per heavy atom. The first-order valence-corrected chi connectivity index (χ1v) is 7.01. The van der Waals surface area contributed by atoms with Crippen molar-refractivity contribution in [2.45, 2.75) is 12.1 Å². The molecule has 0 aliphatic carbocycles. The Labute approximate surface area is 140 Å². The van der Waals surface area contributed by atoms with Crippen molar-refractivity contribution in [1.29, 1.82) is 0 Å². The lowest BCUT2D eigenvalue weighted by Crippen LogP contribution is -2.65. The number of halogens is 3. The number of rotatable bonds is 3. The monoisotopic (exact) mass is 355 g/mol. The highest BCUT2D eigenvalue weighted by Gasteiger charge is 2.66. The number of alkyl halides is 3. The number of carbonyl (C=O) groups is 1. The van der Waals surface area contributed by atoms with Gasteiger partial charge in [0.2, 0.25) is 0 Å². The summed E-state index contributed by atoms with van der Waals surface area (Å²) in [5.41, 5.74) is 0. The molecule has 2 aromatic carbocycles. The van der Waals surface area contributed by atoms with Crippen LogP contribution in [0.5, 0.6) is 23.0 Å². The highest BCUT2D eigenvalue weighted by molar-refractivity contribution is 5.71. The van der Waals surface area contributed by atoms with Gasteiger partial charge in [0.25, 0.3) is 0 Å². The van der Waals surface area contributed by atoms with Crippen molar-refractivity contribution in [3.05, 3.63) is 48.5 Å². The molecule has 0 radical (unpaired) electrons. The van der Waals surface area contributed by atoms with Gasteiger partial charge in [-0.1, -0.05) is 18.2 Å². The summed E-state index contributed by atoms with van der Waals surface area (Å²) in [4.78, 5) is 11.9. The molecular weight excluding hydrogens is 343 g/mol. The van der Waals surface area contributed by atoms with E-state index in [1.165, 1.54) is 49.6 Å². The topological polar surface area (TPSA) is 66.0 Å². The van der Waals surface area contributed by atoms with Crippen LogP contribution in [0.15, 0.2) is 48.5 Å². The SMILES string of the molecule is COc1cccc(OC(=O)NC2(C(F)(F)F)Oc3ccccc3O2)c1. The van der Waals surface area contributed by atoms with Crippen molar-refractivity contribution < 1.29 is 36.9 Å². The lowest BCUT2D eigenvalue weighted by Gasteiger charge is -2.29. The van der Waals surface area contributed by atoms with E-state index in [1.807, 2.05) is 0 Å². The van der Waals surface area contributed by atoms with E-state index in [9.17, 15) is 18.0 Å². The molecule has 1 N–H and O–H groups in total. The molecule has 0 saturated carbocycles. The maximum Gasteiger partial charge on any atom is 0.492 e. The third-order valence-corrected chi connectivity index (χ3v) is 3.25. The maximum absolute atomic E-state index is 13.5. The number of para-hydroxylation sites is 2. The van der Waals surface area contributed by atoms with Gasteiger partial charge >= 0.3 is 18.2 Å². The summed E-state index contributed by atoms with van der Waals surface area (Å²) in [6.07, 6.45) is -6.46. The van der Waals surface area contributed by atoms with Crippen LogP contribution in [0.4, 0.5) is 18.0 Å². The Balaban J connectivity index is 1.79. The number of hydrogen-bond acceptors (Lipinski definition) is 5. The van der Waals surface area contributed by atoms with Crippen LogP contribution in [0.2, 0.25) is 0 Å². The Morgan fingerprint density at radius 3 is 2.20 bits per heavy atom. The van der Waals surface area contributed by atoms with E-state index in [0.29, 0.717) is 5.75 Å². The molecule has 6 nitrogen and oxygen atoms in total. The van der Waals surface area contributed by atoms with E-state index < -0.39 is 18.2 Å². The summed E-state index contributed by atoms with van der Waals surface area (Å²) in [6, 6.07) is 11.3. The minimum atomic E-state index is -5.06. The molecule has 0 bridgehead atoms. The number of ether oxygens (including phenoxy) is 4. The average Bonchev–Trinajstić information content (AvgIpc) is 2.94. The van der Waals surface area contributed by atoms with E-state index in [2.05, 4.69) is 0 Å². The number of hydrogen-bond donors (Lipinski definition) is 1. The van der Waals surface area contributed by atoms with E-state index in [1.54, 1.807) is 11.4 Å². The number of amides is 1. The zero-order chi connectivity index (χ0) is 18.1. The highest BCUT2D eigenvalue weighted by Crippen LogP contribution is 2.44. The molecule has 2 aromatic rings. The number of nitrogens with one attached hydrogen (secondary N) is 1. The molecule has 132 valence electrons. The molecule has 0 spiro atoms. The molecule has 1 heterocycles. The Morgan fingerprint density at radius 1 is 1.04 bits per heavy atom. The van der Waals surface area contributed by atoms with Crippen LogP contribution in [0.3, 0.4) is 0 Å². The van der Waals surface area contributed by atoms with Gasteiger partial charge in [-0.15, -0.1) is 0 Å². The predicted molar refractivity (Wildman–Crippen MR) is 78.6 cm³/mol. The molecule has 0 unspecified atom stereocenters. The molecule has 1 aliphatic heterocycles. The van der Waals surface area contributed by atoms with Gasteiger partial charge in [-0.05, 0) is 24.3 Å². The number of benzene rings is 2. The van der Waals surface area contributed by atoms with Crippen molar-refractivity contribution in [3.63, 3.8) is 0 Å². The summed E-state index contributed by atoms with van der Waals surface area (Å²) in [6.45, 7) is 0. The third-order valence-electron chi connectivity index (χ3n) is 3.25. The molecule has 1 amide bonds. The standard InChI is InChI=1S/C16H12F3NO5/c1-22-10-5-4-6-11(9-10)23-14(21)20-16(15(17,18)19)24-12-7-2-3-8-13(12)25-16/h2-9H,1H3,(H,20,21). The van der Waals surface area contributed by atoms with Gasteiger partial charge in [-0.25, -0.2) is 10.1 Å². The second kappa shape index (κ2) is 6.08. The molecule has 0 aromatic heterocycles. The van der Waals surface area contributed by atoms with E-state index in [0.717, 1.165) is 0 Å². The minimum absolute atomic E-state index is 0.00955. The fraction of sp³-hybridized carbons (Fsp3) is 0.188. The highest BCUT2D eigenvalue weighted by atomic mass is 19.4. The number of methoxy groups -OCH3 is 1. The van der Waals surface area contributed by atoms with Gasteiger partial charge in [-0.3, -0.25) is 0 Å². The summed E-state index contributed by atoms with van der Waals surface area (Å²) in [5, 5.41) is 1.59. The van der Waals surface area contributed by atoms with Crippen molar-refractivity contribution in [2.75, 3.05) is 7.11 Å². The Kier molecular flexibility index (Phi) is 4.07. The third kappa shape index (κ3) is 3.25. The quantitative estimate of drug-likeness (QED) is 0.913. The number of fused-ring (bicyclic) bond motifs is 1. The maximum atomic E-state index is 13.5. The van der Waals surface area contributed by atoms with Crippen LogP contribution in [0.25, 0.3) is 0 Å². The summed E-state index contributed by atoms with van der Waals surface area (Å²) < 4.78 is 59.8. The van der Waals surface area contributed by atoms with Gasteiger partial charge < -0.3 is 18.9 Å². The largest absolute Gasteiger partial charge is 0.497 e. The molecule has 25 heavy (non-hydrogen) atoms. The van der Waals surface area contributed by atoms with Gasteiger partial charge in [0, 0.05) is 6.07 Å². The predicted octanol–water partition coefficient (Wildman–Crippen LogP) is 3.47. The zero-order valence-corrected chi connectivity index (χ0v) is 12.8. The molecule has 0 atom stereocenters. The van der Waals surface area contributed by atoms with Gasteiger partial charge in [0.1, 0.15) is 11.5 Å². The molecule has 1 aliphatic rings. The van der Waals surface area contributed by atoms with Crippen LogP contribution in [0, 0.1) is 0 Å². The van der Waals surface area contributed by atoms with Gasteiger partial charge in [0.15, 0.2) is 11.5 Å². The molecular formula is C16H12F3NO5. The molecule has 9 heteroatoms. The van der Waals surface area contributed by atoms with Crippen LogP contribution >= 0.6 is 0 Å². The van der Waals surface area contributed by atoms with E-state index >= 15 is 0 Å². The van der Waals surface area contributed by atoms with Crippen LogP contribution in [0.1, 0.15) is 0 Å². The summed E-state index contributed by atoms with van der Waals surface area (Å²) >= 11 is 0. The minimum Gasteiger partial charge on any atom is -0.497 e. The molecule has 0 saturated heterocycles. The molecule has 3 rings (SSSR count). The van der Waals surface area contributed by atoms with Crippen LogP contribution in [-0.2, 0) is 0 Å². The van der Waals surface area contributed by atoms with Crippen molar-refractivity contribution >= 4 is 6.09 Å². The van der Waals surface area contributed by atoms with Crippen molar-refractivity contribution in [1.82, 2.24) is 5.32 Å². The first-order valence-electron chi connectivity index (χ1n) is 7.01. The first kappa shape index (κ1) is 16.7. The lowest BCUT2D eigenvalue weighted by atomic mass is 10.3. The summed E-state index contributed by atoms with van der Waals surface area (Å²) in [5.74, 6) is -3.31. The van der Waals surface area contributed by atoms with Crippen LogP contribution in [-0.4, -0.2) is 25.3 Å². The Hall–Kier alpha value is -3.10. The first-order chi connectivity index (χ1) is 11.8. The van der Waals surface area contributed by atoms with Crippen molar-refractivity contribution in [2.24, 2.45) is 0 Å². The number of carbonyl (C=O) groups excluding carboxylic acids is 1. The summed E-state index contributed by atoms with van der Waals surface area (Å²) in [7, 11) is 1.40. The van der Waals surface area contributed by atoms with Crippen LogP contribution < -0.4 is 24.3 Å². The lowest BCUT2D eigenvalue weighted by molar-refractivity contribution is -0.318. The normalized spacial score (nSPS) is 14.7. The van der Waals surface area contributed by atoms with Gasteiger partial charge in [-0.2, -0.15) is 13.2 Å². The second-order valence-corrected chi connectivity index (χ2v) is 4.96. The van der Waals surface area contributed by atoms with Gasteiger partial charge in [0.05, 0.1) is 7.11 Å². The fourth-order valence-corrected chi connectivity index (χ4v) is 2.12. The average molecular weight is 355 g/mol. The smallest absolute Gasteiger partial charge is 0.492 e. The van der Waals surface area contributed by atoms with Crippen molar-refractivity contribution in [3.8, 4) is 23.0 Å².